The maximum Gasteiger partial charge on any atom is 0.226 e. The molecular weight excluding hydrogens is 312 g/mol. The number of carbonyl (C=O) groups is 1. The first-order valence-corrected chi connectivity index (χ1v) is 9.01. The van der Waals surface area contributed by atoms with Crippen molar-refractivity contribution in [2.45, 2.75) is 32.2 Å². The molecule has 0 radical (unpaired) electrons. The number of carbonyl (C=O) groups excluding carboxylic acids is 1. The van der Waals surface area contributed by atoms with Crippen molar-refractivity contribution in [3.63, 3.8) is 0 Å². The molecule has 0 bridgehead atoms. The van der Waals surface area contributed by atoms with Gasteiger partial charge in [0.25, 0.3) is 0 Å². The zero-order valence-corrected chi connectivity index (χ0v) is 14.6. The molecule has 2 aliphatic carbocycles. The van der Waals surface area contributed by atoms with Gasteiger partial charge in [-0.1, -0.05) is 18.2 Å². The SMILES string of the molecule is COc1ccc(CCN(Cc2cccnc2)C(=O)C2CC23CC3)cc1. The van der Waals surface area contributed by atoms with Crippen LogP contribution in [0.4, 0.5) is 0 Å². The highest BCUT2D eigenvalue weighted by Crippen LogP contribution is 2.71. The Morgan fingerprint density at radius 2 is 2.04 bits per heavy atom. The van der Waals surface area contributed by atoms with Crippen LogP contribution in [0.2, 0.25) is 0 Å². The first-order valence-electron chi connectivity index (χ1n) is 9.01. The molecule has 1 amide bonds. The molecule has 0 N–H and O–H groups in total. The van der Waals surface area contributed by atoms with E-state index in [0.717, 1.165) is 30.7 Å². The van der Waals surface area contributed by atoms with E-state index in [2.05, 4.69) is 17.1 Å². The van der Waals surface area contributed by atoms with Gasteiger partial charge in [0.15, 0.2) is 0 Å². The summed E-state index contributed by atoms with van der Waals surface area (Å²) in [7, 11) is 1.67. The summed E-state index contributed by atoms with van der Waals surface area (Å²) in [5.74, 6) is 1.45. The van der Waals surface area contributed by atoms with E-state index in [1.165, 1.54) is 18.4 Å². The second-order valence-electron chi connectivity index (χ2n) is 7.34. The van der Waals surface area contributed by atoms with Crippen LogP contribution in [-0.4, -0.2) is 29.4 Å². The number of hydrogen-bond acceptors (Lipinski definition) is 3. The minimum absolute atomic E-state index is 0.264. The third-order valence-corrected chi connectivity index (χ3v) is 5.62. The first-order chi connectivity index (χ1) is 12.2. The molecule has 1 spiro atoms. The summed E-state index contributed by atoms with van der Waals surface area (Å²) < 4.78 is 5.21. The first kappa shape index (κ1) is 16.1. The number of aromatic nitrogens is 1. The van der Waals surface area contributed by atoms with Gasteiger partial charge in [-0.15, -0.1) is 0 Å². The van der Waals surface area contributed by atoms with Crippen molar-refractivity contribution >= 4 is 5.91 Å². The van der Waals surface area contributed by atoms with Crippen LogP contribution < -0.4 is 4.74 Å². The summed E-state index contributed by atoms with van der Waals surface area (Å²) in [6, 6.07) is 12.1. The minimum atomic E-state index is 0.264. The van der Waals surface area contributed by atoms with E-state index in [0.29, 0.717) is 17.9 Å². The lowest BCUT2D eigenvalue weighted by Gasteiger charge is -2.23. The number of methoxy groups -OCH3 is 1. The third-order valence-electron chi connectivity index (χ3n) is 5.62. The predicted octanol–water partition coefficient (Wildman–Crippen LogP) is 3.46. The van der Waals surface area contributed by atoms with Gasteiger partial charge in [0, 0.05) is 31.4 Å². The van der Waals surface area contributed by atoms with Gasteiger partial charge < -0.3 is 9.64 Å². The quantitative estimate of drug-likeness (QED) is 0.777. The number of rotatable bonds is 7. The predicted molar refractivity (Wildman–Crippen MR) is 96.1 cm³/mol. The Hall–Kier alpha value is -2.36. The number of hydrogen-bond donors (Lipinski definition) is 0. The van der Waals surface area contributed by atoms with Gasteiger partial charge in [0.2, 0.25) is 5.91 Å². The molecule has 130 valence electrons. The summed E-state index contributed by atoms with van der Waals surface area (Å²) in [5.41, 5.74) is 2.71. The summed E-state index contributed by atoms with van der Waals surface area (Å²) in [4.78, 5) is 19.2. The molecule has 0 aliphatic heterocycles. The van der Waals surface area contributed by atoms with Gasteiger partial charge >= 0.3 is 0 Å². The zero-order chi connectivity index (χ0) is 17.3. The van der Waals surface area contributed by atoms with Crippen LogP contribution in [0.25, 0.3) is 0 Å². The van der Waals surface area contributed by atoms with Gasteiger partial charge in [0.1, 0.15) is 5.75 Å². The molecule has 4 heteroatoms. The number of nitrogens with zero attached hydrogens (tertiary/aromatic N) is 2. The Kier molecular flexibility index (Phi) is 4.20. The maximum atomic E-state index is 13.0. The van der Waals surface area contributed by atoms with Crippen LogP contribution in [-0.2, 0) is 17.8 Å². The fourth-order valence-corrected chi connectivity index (χ4v) is 3.67. The van der Waals surface area contributed by atoms with Crippen molar-refractivity contribution in [3.8, 4) is 5.75 Å². The summed E-state index contributed by atoms with van der Waals surface area (Å²) in [6.07, 6.45) is 8.05. The van der Waals surface area contributed by atoms with Crippen LogP contribution in [0.3, 0.4) is 0 Å². The van der Waals surface area contributed by atoms with Crippen LogP contribution in [0.5, 0.6) is 5.75 Å². The van der Waals surface area contributed by atoms with Gasteiger partial charge in [-0.25, -0.2) is 0 Å². The normalized spacial score (nSPS) is 19.5. The second-order valence-corrected chi connectivity index (χ2v) is 7.34. The molecule has 1 aromatic carbocycles. The Morgan fingerprint density at radius 3 is 2.64 bits per heavy atom. The van der Waals surface area contributed by atoms with Crippen LogP contribution in [0.1, 0.15) is 30.4 Å². The second kappa shape index (κ2) is 6.51. The maximum absolute atomic E-state index is 13.0. The topological polar surface area (TPSA) is 42.4 Å². The van der Waals surface area contributed by atoms with Crippen molar-refractivity contribution < 1.29 is 9.53 Å². The fourth-order valence-electron chi connectivity index (χ4n) is 3.67. The fraction of sp³-hybridized carbons (Fsp3) is 0.429. The van der Waals surface area contributed by atoms with E-state index in [1.807, 2.05) is 35.4 Å². The average Bonchev–Trinajstić information content (AvgIpc) is 3.59. The molecule has 2 aliphatic rings. The lowest BCUT2D eigenvalue weighted by Crippen LogP contribution is -2.34. The summed E-state index contributed by atoms with van der Waals surface area (Å²) in [6.45, 7) is 1.39. The number of benzene rings is 1. The van der Waals surface area contributed by atoms with Crippen molar-refractivity contribution in [1.29, 1.82) is 0 Å². The monoisotopic (exact) mass is 336 g/mol. The molecule has 4 rings (SSSR count). The molecule has 2 saturated carbocycles. The molecule has 1 atom stereocenters. The molecule has 0 saturated heterocycles. The van der Waals surface area contributed by atoms with E-state index in [-0.39, 0.29) is 5.92 Å². The number of ether oxygens (including phenoxy) is 1. The van der Waals surface area contributed by atoms with Crippen molar-refractivity contribution in [1.82, 2.24) is 9.88 Å². The highest BCUT2D eigenvalue weighted by atomic mass is 16.5. The average molecular weight is 336 g/mol. The molecule has 4 nitrogen and oxygen atoms in total. The number of amides is 1. The minimum Gasteiger partial charge on any atom is -0.497 e. The van der Waals surface area contributed by atoms with Gasteiger partial charge in [-0.3, -0.25) is 9.78 Å². The van der Waals surface area contributed by atoms with Gasteiger partial charge in [-0.05, 0) is 60.4 Å². The van der Waals surface area contributed by atoms with Crippen LogP contribution in [0, 0.1) is 11.3 Å². The Labute approximate surface area is 148 Å². The van der Waals surface area contributed by atoms with Crippen molar-refractivity contribution in [2.75, 3.05) is 13.7 Å². The third kappa shape index (κ3) is 3.53. The summed E-state index contributed by atoms with van der Waals surface area (Å²) in [5, 5.41) is 0. The standard InChI is InChI=1S/C21H24N2O2/c1-25-18-6-4-16(5-7-18)8-12-23(15-17-3-2-11-22-14-17)20(24)19-13-21(19)9-10-21/h2-7,11,14,19H,8-10,12-13,15H2,1H3. The van der Waals surface area contributed by atoms with Gasteiger partial charge in [0.05, 0.1) is 7.11 Å². The van der Waals surface area contributed by atoms with E-state index in [1.54, 1.807) is 13.3 Å². The smallest absolute Gasteiger partial charge is 0.226 e. The molecule has 1 aromatic heterocycles. The Balaban J connectivity index is 1.43. The number of pyridine rings is 1. The molecule has 25 heavy (non-hydrogen) atoms. The van der Waals surface area contributed by atoms with Crippen LogP contribution in [0.15, 0.2) is 48.8 Å². The zero-order valence-electron chi connectivity index (χ0n) is 14.6. The van der Waals surface area contributed by atoms with Gasteiger partial charge in [-0.2, -0.15) is 0 Å². The Bertz CT molecular complexity index is 738. The van der Waals surface area contributed by atoms with Crippen molar-refractivity contribution in [2.24, 2.45) is 11.3 Å². The molecular formula is C21H24N2O2. The summed E-state index contributed by atoms with van der Waals surface area (Å²) >= 11 is 0. The van der Waals surface area contributed by atoms with Crippen molar-refractivity contribution in [3.05, 3.63) is 59.9 Å². The lowest BCUT2D eigenvalue weighted by atomic mass is 10.1. The van der Waals surface area contributed by atoms with E-state index in [9.17, 15) is 4.79 Å². The van der Waals surface area contributed by atoms with E-state index in [4.69, 9.17) is 4.74 Å². The molecule has 1 unspecified atom stereocenters. The molecule has 1 heterocycles. The van der Waals surface area contributed by atoms with Crippen LogP contribution >= 0.6 is 0 Å². The van der Waals surface area contributed by atoms with E-state index < -0.39 is 0 Å². The Morgan fingerprint density at radius 1 is 1.24 bits per heavy atom. The molecule has 2 fully saturated rings. The largest absolute Gasteiger partial charge is 0.497 e. The van der Waals surface area contributed by atoms with E-state index >= 15 is 0 Å². The lowest BCUT2D eigenvalue weighted by molar-refractivity contribution is -0.133. The highest BCUT2D eigenvalue weighted by Gasteiger charge is 2.66. The molecule has 2 aromatic rings. The highest BCUT2D eigenvalue weighted by molar-refractivity contribution is 5.83.